The SMILES string of the molecule is CC(C)C(COCc1ccccc1Cl)CS(N)(=O)=O. The average Bonchev–Trinajstić information content (AvgIpc) is 2.28. The van der Waals surface area contributed by atoms with Gasteiger partial charge in [-0.1, -0.05) is 43.6 Å². The summed E-state index contributed by atoms with van der Waals surface area (Å²) in [5.74, 6) is 0.00904. The van der Waals surface area contributed by atoms with Crippen LogP contribution in [-0.4, -0.2) is 20.8 Å². The van der Waals surface area contributed by atoms with E-state index >= 15 is 0 Å². The molecule has 1 atom stereocenters. The van der Waals surface area contributed by atoms with Crippen molar-refractivity contribution in [2.45, 2.75) is 20.5 Å². The molecule has 0 aromatic heterocycles. The molecule has 0 aliphatic heterocycles. The van der Waals surface area contributed by atoms with Crippen LogP contribution in [0, 0.1) is 11.8 Å². The maximum atomic E-state index is 11.1. The van der Waals surface area contributed by atoms with Crippen LogP contribution in [0.1, 0.15) is 19.4 Å². The molecule has 0 fully saturated rings. The second kappa shape index (κ2) is 7.24. The third kappa shape index (κ3) is 6.38. The van der Waals surface area contributed by atoms with Crippen molar-refractivity contribution in [1.82, 2.24) is 0 Å². The van der Waals surface area contributed by atoms with Crippen LogP contribution in [0.3, 0.4) is 0 Å². The molecule has 108 valence electrons. The molecule has 0 saturated carbocycles. The van der Waals surface area contributed by atoms with Gasteiger partial charge in [0.15, 0.2) is 0 Å². The number of sulfonamides is 1. The second-order valence-electron chi connectivity index (χ2n) is 4.94. The predicted molar refractivity (Wildman–Crippen MR) is 77.4 cm³/mol. The lowest BCUT2D eigenvalue weighted by molar-refractivity contribution is 0.0791. The van der Waals surface area contributed by atoms with Crippen LogP contribution in [0.2, 0.25) is 5.02 Å². The molecule has 1 unspecified atom stereocenters. The lowest BCUT2D eigenvalue weighted by Crippen LogP contribution is -2.29. The first-order valence-electron chi connectivity index (χ1n) is 6.11. The van der Waals surface area contributed by atoms with Crippen molar-refractivity contribution in [3.8, 4) is 0 Å². The quantitative estimate of drug-likeness (QED) is 0.841. The highest BCUT2D eigenvalue weighted by Crippen LogP contribution is 2.18. The Balaban J connectivity index is 2.52. The fourth-order valence-corrected chi connectivity index (χ4v) is 2.94. The van der Waals surface area contributed by atoms with Gasteiger partial charge in [0.2, 0.25) is 10.0 Å². The van der Waals surface area contributed by atoms with Gasteiger partial charge < -0.3 is 4.74 Å². The standard InChI is InChI=1S/C13H20ClNO3S/c1-10(2)12(9-19(15,16)17)8-18-7-11-5-3-4-6-13(11)14/h3-6,10,12H,7-9H2,1-2H3,(H2,15,16,17). The minimum Gasteiger partial charge on any atom is -0.376 e. The highest BCUT2D eigenvalue weighted by atomic mass is 35.5. The van der Waals surface area contributed by atoms with E-state index in [0.29, 0.717) is 18.2 Å². The van der Waals surface area contributed by atoms with Crippen LogP contribution in [0.5, 0.6) is 0 Å². The van der Waals surface area contributed by atoms with Crippen molar-refractivity contribution in [1.29, 1.82) is 0 Å². The van der Waals surface area contributed by atoms with Crippen LogP contribution in [0.4, 0.5) is 0 Å². The van der Waals surface area contributed by atoms with Gasteiger partial charge in [0, 0.05) is 5.02 Å². The molecule has 0 radical (unpaired) electrons. The second-order valence-corrected chi connectivity index (χ2v) is 7.01. The minimum absolute atomic E-state index is 0.0623. The fourth-order valence-electron chi connectivity index (χ4n) is 1.67. The molecule has 0 amide bonds. The molecule has 2 N–H and O–H groups in total. The summed E-state index contributed by atoms with van der Waals surface area (Å²) in [4.78, 5) is 0. The third-order valence-corrected chi connectivity index (χ3v) is 4.20. The van der Waals surface area contributed by atoms with E-state index in [2.05, 4.69) is 0 Å². The van der Waals surface area contributed by atoms with Crippen molar-refractivity contribution in [2.24, 2.45) is 17.0 Å². The number of hydrogen-bond acceptors (Lipinski definition) is 3. The van der Waals surface area contributed by atoms with Crippen molar-refractivity contribution in [3.63, 3.8) is 0 Å². The summed E-state index contributed by atoms with van der Waals surface area (Å²) in [5, 5.41) is 5.72. The van der Waals surface area contributed by atoms with Gasteiger partial charge in [0.05, 0.1) is 19.0 Å². The van der Waals surface area contributed by atoms with Crippen molar-refractivity contribution >= 4 is 21.6 Å². The number of ether oxygens (including phenoxy) is 1. The number of hydrogen-bond donors (Lipinski definition) is 1. The first-order valence-corrected chi connectivity index (χ1v) is 8.20. The number of benzene rings is 1. The largest absolute Gasteiger partial charge is 0.376 e. The van der Waals surface area contributed by atoms with Crippen molar-refractivity contribution in [2.75, 3.05) is 12.4 Å². The van der Waals surface area contributed by atoms with Gasteiger partial charge in [0.25, 0.3) is 0 Å². The van der Waals surface area contributed by atoms with Gasteiger partial charge in [-0.3, -0.25) is 0 Å². The Kier molecular flexibility index (Phi) is 6.26. The average molecular weight is 306 g/mol. The van der Waals surface area contributed by atoms with E-state index in [1.165, 1.54) is 0 Å². The monoisotopic (exact) mass is 305 g/mol. The molecule has 4 nitrogen and oxygen atoms in total. The van der Waals surface area contributed by atoms with E-state index in [-0.39, 0.29) is 17.6 Å². The lowest BCUT2D eigenvalue weighted by Gasteiger charge is -2.19. The van der Waals surface area contributed by atoms with Crippen LogP contribution in [0.25, 0.3) is 0 Å². The number of primary sulfonamides is 1. The van der Waals surface area contributed by atoms with Crippen molar-refractivity contribution in [3.05, 3.63) is 34.9 Å². The Morgan fingerprint density at radius 3 is 2.47 bits per heavy atom. The summed E-state index contributed by atoms with van der Waals surface area (Å²) in [6.07, 6.45) is 0. The maximum Gasteiger partial charge on any atom is 0.209 e. The molecule has 0 saturated heterocycles. The van der Waals surface area contributed by atoms with E-state index in [0.717, 1.165) is 5.56 Å². The third-order valence-electron chi connectivity index (χ3n) is 2.94. The van der Waals surface area contributed by atoms with Crippen molar-refractivity contribution < 1.29 is 13.2 Å². The molecule has 0 aliphatic carbocycles. The van der Waals surface area contributed by atoms with Gasteiger partial charge in [-0.25, -0.2) is 13.6 Å². The van der Waals surface area contributed by atoms with Crippen LogP contribution >= 0.6 is 11.6 Å². The Morgan fingerprint density at radius 1 is 1.32 bits per heavy atom. The highest BCUT2D eigenvalue weighted by Gasteiger charge is 2.19. The zero-order valence-electron chi connectivity index (χ0n) is 11.2. The highest BCUT2D eigenvalue weighted by molar-refractivity contribution is 7.89. The molecule has 6 heteroatoms. The smallest absolute Gasteiger partial charge is 0.209 e. The molecule has 0 spiro atoms. The predicted octanol–water partition coefficient (Wildman–Crippen LogP) is 2.42. The zero-order chi connectivity index (χ0) is 14.5. The number of halogens is 1. The summed E-state index contributed by atoms with van der Waals surface area (Å²) in [6, 6.07) is 7.41. The van der Waals surface area contributed by atoms with Gasteiger partial charge >= 0.3 is 0 Å². The molecule has 1 rings (SSSR count). The Hall–Kier alpha value is -0.620. The molecule has 1 aromatic rings. The summed E-state index contributed by atoms with van der Waals surface area (Å²) in [6.45, 7) is 4.62. The molecule has 1 aromatic carbocycles. The van der Waals surface area contributed by atoms with Crippen LogP contribution in [0.15, 0.2) is 24.3 Å². The first-order chi connectivity index (χ1) is 8.79. The molecule has 0 bridgehead atoms. The van der Waals surface area contributed by atoms with E-state index in [1.807, 2.05) is 32.0 Å². The van der Waals surface area contributed by atoms with Crippen LogP contribution in [-0.2, 0) is 21.4 Å². The lowest BCUT2D eigenvalue weighted by atomic mass is 9.99. The summed E-state index contributed by atoms with van der Waals surface area (Å²) in [5.41, 5.74) is 0.891. The number of nitrogens with two attached hydrogens (primary N) is 1. The Labute approximate surface area is 120 Å². The zero-order valence-corrected chi connectivity index (χ0v) is 12.7. The summed E-state index contributed by atoms with van der Waals surface area (Å²) >= 11 is 6.01. The topological polar surface area (TPSA) is 69.4 Å². The van der Waals surface area contributed by atoms with E-state index in [4.69, 9.17) is 21.5 Å². The van der Waals surface area contributed by atoms with E-state index in [1.54, 1.807) is 6.07 Å². The molecular weight excluding hydrogens is 286 g/mol. The van der Waals surface area contributed by atoms with E-state index in [9.17, 15) is 8.42 Å². The van der Waals surface area contributed by atoms with E-state index < -0.39 is 10.0 Å². The summed E-state index contributed by atoms with van der Waals surface area (Å²) in [7, 11) is -3.48. The van der Waals surface area contributed by atoms with Gasteiger partial charge in [-0.05, 0) is 23.5 Å². The molecule has 0 aliphatic rings. The molecule has 0 heterocycles. The molecular formula is C13H20ClNO3S. The number of rotatable bonds is 7. The first kappa shape index (κ1) is 16.4. The maximum absolute atomic E-state index is 11.1. The van der Waals surface area contributed by atoms with Crippen LogP contribution < -0.4 is 5.14 Å². The van der Waals surface area contributed by atoms with Gasteiger partial charge in [-0.2, -0.15) is 0 Å². The van der Waals surface area contributed by atoms with Gasteiger partial charge in [-0.15, -0.1) is 0 Å². The minimum atomic E-state index is -3.48. The Bertz CT molecular complexity index is 502. The Morgan fingerprint density at radius 2 is 1.95 bits per heavy atom. The normalized spacial score (nSPS) is 13.7. The molecule has 19 heavy (non-hydrogen) atoms. The fraction of sp³-hybridized carbons (Fsp3) is 0.538. The summed E-state index contributed by atoms with van der Waals surface area (Å²) < 4.78 is 27.8. The van der Waals surface area contributed by atoms with Gasteiger partial charge in [0.1, 0.15) is 0 Å².